The first-order valence-electron chi connectivity index (χ1n) is 4.80. The van der Waals surface area contributed by atoms with Gasteiger partial charge in [-0.15, -0.1) is 10.2 Å². The predicted molar refractivity (Wildman–Crippen MR) is 64.7 cm³/mol. The van der Waals surface area contributed by atoms with E-state index in [2.05, 4.69) is 14.9 Å². The molecule has 2 aromatic rings. The summed E-state index contributed by atoms with van der Waals surface area (Å²) in [7, 11) is -3.68. The Morgan fingerprint density at radius 3 is 2.50 bits per heavy atom. The van der Waals surface area contributed by atoms with Gasteiger partial charge in [-0.25, -0.2) is 17.5 Å². The molecule has 1 aromatic carbocycles. The van der Waals surface area contributed by atoms with Crippen LogP contribution in [0.1, 0.15) is 5.01 Å². The molecule has 3 N–H and O–H groups in total. The molecular weight excluding hydrogens is 279 g/mol. The molecular formula is C9H9FN4O2S2. The molecule has 0 aliphatic carbocycles. The fourth-order valence-corrected chi connectivity index (χ4v) is 2.82. The van der Waals surface area contributed by atoms with E-state index in [0.29, 0.717) is 5.01 Å². The molecule has 0 fully saturated rings. The van der Waals surface area contributed by atoms with Gasteiger partial charge in [0, 0.05) is 0 Å². The Hall–Kier alpha value is -1.58. The summed E-state index contributed by atoms with van der Waals surface area (Å²) in [6.45, 7) is -0.00538. The van der Waals surface area contributed by atoms with Gasteiger partial charge in [0.1, 0.15) is 10.8 Å². The zero-order valence-corrected chi connectivity index (χ0v) is 10.6. The summed E-state index contributed by atoms with van der Waals surface area (Å²) < 4.78 is 38.6. The minimum absolute atomic E-state index is 0.00538. The zero-order valence-electron chi connectivity index (χ0n) is 9.00. The van der Waals surface area contributed by atoms with Crippen LogP contribution in [0.15, 0.2) is 29.2 Å². The average molecular weight is 288 g/mol. The molecule has 0 radical (unpaired) electrons. The van der Waals surface area contributed by atoms with Crippen molar-refractivity contribution in [3.05, 3.63) is 35.1 Å². The second kappa shape index (κ2) is 4.96. The highest BCUT2D eigenvalue weighted by atomic mass is 32.2. The molecule has 0 atom stereocenters. The van der Waals surface area contributed by atoms with E-state index in [9.17, 15) is 12.8 Å². The molecule has 0 saturated heterocycles. The summed E-state index contributed by atoms with van der Waals surface area (Å²) in [5, 5.41) is 7.97. The molecule has 0 unspecified atom stereocenters. The number of hydrogen-bond donors (Lipinski definition) is 2. The van der Waals surface area contributed by atoms with Gasteiger partial charge in [0.25, 0.3) is 0 Å². The monoisotopic (exact) mass is 288 g/mol. The van der Waals surface area contributed by atoms with Gasteiger partial charge in [0.2, 0.25) is 15.2 Å². The van der Waals surface area contributed by atoms with Crippen molar-refractivity contribution >= 4 is 26.5 Å². The molecule has 0 aliphatic heterocycles. The lowest BCUT2D eigenvalue weighted by Crippen LogP contribution is -2.23. The molecule has 9 heteroatoms. The van der Waals surface area contributed by atoms with Gasteiger partial charge in [-0.05, 0) is 24.3 Å². The van der Waals surface area contributed by atoms with E-state index in [1.165, 1.54) is 12.1 Å². The first-order valence-corrected chi connectivity index (χ1v) is 7.10. The topological polar surface area (TPSA) is 98.0 Å². The maximum Gasteiger partial charge on any atom is 0.240 e. The van der Waals surface area contributed by atoms with Gasteiger partial charge >= 0.3 is 0 Å². The lowest BCUT2D eigenvalue weighted by atomic mass is 10.4. The molecule has 1 heterocycles. The maximum absolute atomic E-state index is 12.7. The highest BCUT2D eigenvalue weighted by molar-refractivity contribution is 7.89. The van der Waals surface area contributed by atoms with Crippen LogP contribution in [0.5, 0.6) is 0 Å². The SMILES string of the molecule is Nc1nnc(CNS(=O)(=O)c2ccc(F)cc2)s1. The van der Waals surface area contributed by atoms with Crippen LogP contribution >= 0.6 is 11.3 Å². The number of sulfonamides is 1. The number of halogens is 1. The predicted octanol–water partition coefficient (Wildman–Crippen LogP) is 0.738. The Labute approximate surface area is 107 Å². The summed E-state index contributed by atoms with van der Waals surface area (Å²) in [4.78, 5) is -0.0126. The molecule has 0 aliphatic rings. The molecule has 2 rings (SSSR count). The van der Waals surface area contributed by atoms with Gasteiger partial charge in [-0.1, -0.05) is 11.3 Å². The summed E-state index contributed by atoms with van der Waals surface area (Å²) in [6.07, 6.45) is 0. The van der Waals surface area contributed by atoms with Gasteiger partial charge in [0.05, 0.1) is 11.4 Å². The Morgan fingerprint density at radius 2 is 1.94 bits per heavy atom. The van der Waals surface area contributed by atoms with Crippen molar-refractivity contribution in [2.45, 2.75) is 11.4 Å². The van der Waals surface area contributed by atoms with Crippen LogP contribution in [-0.2, 0) is 16.6 Å². The van der Waals surface area contributed by atoms with Crippen LogP contribution in [0.3, 0.4) is 0 Å². The number of hydrogen-bond acceptors (Lipinski definition) is 6. The van der Waals surface area contributed by atoms with Crippen molar-refractivity contribution in [2.24, 2.45) is 0 Å². The summed E-state index contributed by atoms with van der Waals surface area (Å²) >= 11 is 1.09. The number of nitrogens with zero attached hydrogens (tertiary/aromatic N) is 2. The Bertz CT molecular complexity index is 639. The van der Waals surface area contributed by atoms with Gasteiger partial charge in [-0.3, -0.25) is 0 Å². The average Bonchev–Trinajstić information content (AvgIpc) is 2.73. The molecule has 0 saturated carbocycles. The normalized spacial score (nSPS) is 11.6. The second-order valence-corrected chi connectivity index (χ2v) is 6.17. The minimum atomic E-state index is -3.68. The molecule has 0 spiro atoms. The van der Waals surface area contributed by atoms with Gasteiger partial charge in [0.15, 0.2) is 0 Å². The quantitative estimate of drug-likeness (QED) is 0.864. The Morgan fingerprint density at radius 1 is 1.28 bits per heavy atom. The van der Waals surface area contributed by atoms with E-state index < -0.39 is 15.8 Å². The van der Waals surface area contributed by atoms with E-state index >= 15 is 0 Å². The highest BCUT2D eigenvalue weighted by Gasteiger charge is 2.14. The second-order valence-electron chi connectivity index (χ2n) is 3.31. The fraction of sp³-hybridized carbons (Fsp3) is 0.111. The summed E-state index contributed by atoms with van der Waals surface area (Å²) in [5.74, 6) is -0.495. The van der Waals surface area contributed by atoms with Crippen molar-refractivity contribution in [3.8, 4) is 0 Å². The zero-order chi connectivity index (χ0) is 13.2. The van der Waals surface area contributed by atoms with E-state index in [1.807, 2.05) is 0 Å². The number of anilines is 1. The number of nitrogens with one attached hydrogen (secondary N) is 1. The number of aromatic nitrogens is 2. The number of nitrogens with two attached hydrogens (primary N) is 1. The summed E-state index contributed by atoms with van der Waals surface area (Å²) in [6, 6.07) is 4.53. The van der Waals surface area contributed by atoms with Crippen LogP contribution < -0.4 is 10.5 Å². The molecule has 0 bridgehead atoms. The van der Waals surface area contributed by atoms with Crippen molar-refractivity contribution in [3.63, 3.8) is 0 Å². The van der Waals surface area contributed by atoms with E-state index in [1.54, 1.807) is 0 Å². The third kappa shape index (κ3) is 3.00. The third-order valence-electron chi connectivity index (χ3n) is 2.02. The summed E-state index contributed by atoms with van der Waals surface area (Å²) in [5.41, 5.74) is 5.37. The van der Waals surface area contributed by atoms with Crippen LogP contribution in [0, 0.1) is 5.82 Å². The van der Waals surface area contributed by atoms with Gasteiger partial charge in [-0.2, -0.15) is 0 Å². The van der Waals surface area contributed by atoms with Crippen molar-refractivity contribution in [1.82, 2.24) is 14.9 Å². The number of benzene rings is 1. The van der Waals surface area contributed by atoms with Crippen molar-refractivity contribution in [1.29, 1.82) is 0 Å². The first kappa shape index (κ1) is 12.9. The largest absolute Gasteiger partial charge is 0.374 e. The lowest BCUT2D eigenvalue weighted by Gasteiger charge is -2.04. The van der Waals surface area contributed by atoms with Crippen LogP contribution in [-0.4, -0.2) is 18.6 Å². The smallest absolute Gasteiger partial charge is 0.240 e. The van der Waals surface area contributed by atoms with Gasteiger partial charge < -0.3 is 5.73 Å². The molecule has 18 heavy (non-hydrogen) atoms. The Balaban J connectivity index is 2.10. The molecule has 1 aromatic heterocycles. The van der Waals surface area contributed by atoms with Crippen LogP contribution in [0.4, 0.5) is 9.52 Å². The molecule has 0 amide bonds. The van der Waals surface area contributed by atoms with E-state index in [4.69, 9.17) is 5.73 Å². The van der Waals surface area contributed by atoms with Crippen LogP contribution in [0.25, 0.3) is 0 Å². The van der Waals surface area contributed by atoms with E-state index in [-0.39, 0.29) is 16.6 Å². The lowest BCUT2D eigenvalue weighted by molar-refractivity contribution is 0.580. The first-order chi connectivity index (χ1) is 8.47. The third-order valence-corrected chi connectivity index (χ3v) is 4.19. The van der Waals surface area contributed by atoms with Crippen molar-refractivity contribution < 1.29 is 12.8 Å². The molecule has 6 nitrogen and oxygen atoms in total. The highest BCUT2D eigenvalue weighted by Crippen LogP contribution is 2.13. The standard InChI is InChI=1S/C9H9FN4O2S2/c10-6-1-3-7(4-2-6)18(15,16)12-5-8-13-14-9(11)17-8/h1-4,12H,5H2,(H2,11,14). The van der Waals surface area contributed by atoms with Crippen molar-refractivity contribution in [2.75, 3.05) is 5.73 Å². The Kier molecular flexibility index (Phi) is 3.55. The van der Waals surface area contributed by atoms with Crippen LogP contribution in [0.2, 0.25) is 0 Å². The molecule has 96 valence electrons. The number of rotatable bonds is 4. The maximum atomic E-state index is 12.7. The number of nitrogen functional groups attached to an aromatic ring is 1. The minimum Gasteiger partial charge on any atom is -0.374 e. The fourth-order valence-electron chi connectivity index (χ4n) is 1.19. The van der Waals surface area contributed by atoms with E-state index in [0.717, 1.165) is 23.5 Å².